The van der Waals surface area contributed by atoms with Gasteiger partial charge in [0.2, 0.25) is 0 Å². The zero-order chi connectivity index (χ0) is 17.7. The molecule has 4 nitrogen and oxygen atoms in total. The zero-order valence-corrected chi connectivity index (χ0v) is 18.3. The van der Waals surface area contributed by atoms with Gasteiger partial charge in [0, 0.05) is 29.7 Å². The fourth-order valence-corrected chi connectivity index (χ4v) is 3.16. The van der Waals surface area contributed by atoms with E-state index in [1.165, 1.54) is 24.0 Å². The summed E-state index contributed by atoms with van der Waals surface area (Å²) in [4.78, 5) is 9.10. The highest BCUT2D eigenvalue weighted by Gasteiger charge is 2.44. The molecule has 0 unspecified atom stereocenters. The predicted molar refractivity (Wildman–Crippen MR) is 120 cm³/mol. The Morgan fingerprint density at radius 3 is 2.69 bits per heavy atom. The highest BCUT2D eigenvalue weighted by atomic mass is 127. The van der Waals surface area contributed by atoms with Gasteiger partial charge in [-0.2, -0.15) is 0 Å². The molecule has 1 heterocycles. The molecule has 0 atom stereocenters. The van der Waals surface area contributed by atoms with Crippen LogP contribution in [0.3, 0.4) is 0 Å². The van der Waals surface area contributed by atoms with Crippen molar-refractivity contribution in [3.63, 3.8) is 0 Å². The van der Waals surface area contributed by atoms with Gasteiger partial charge in [0.25, 0.3) is 0 Å². The van der Waals surface area contributed by atoms with Crippen molar-refractivity contribution in [2.24, 2.45) is 4.99 Å². The SMILES string of the molecule is CCNC(=NCc1ncccc1C)NCC1(c2cccc(Cl)c2)CC1.I. The Labute approximate surface area is 177 Å². The minimum atomic E-state index is 0. The number of nitrogens with zero attached hydrogens (tertiary/aromatic N) is 2. The van der Waals surface area contributed by atoms with Crippen molar-refractivity contribution in [1.29, 1.82) is 0 Å². The number of aliphatic imine (C=N–C) groups is 1. The summed E-state index contributed by atoms with van der Waals surface area (Å²) >= 11 is 6.16. The van der Waals surface area contributed by atoms with Crippen LogP contribution in [-0.4, -0.2) is 24.0 Å². The summed E-state index contributed by atoms with van der Waals surface area (Å²) < 4.78 is 0. The van der Waals surface area contributed by atoms with Gasteiger partial charge in [0.05, 0.1) is 12.2 Å². The summed E-state index contributed by atoms with van der Waals surface area (Å²) in [5.41, 5.74) is 3.67. The van der Waals surface area contributed by atoms with Crippen molar-refractivity contribution in [3.8, 4) is 0 Å². The lowest BCUT2D eigenvalue weighted by atomic mass is 9.96. The molecule has 0 radical (unpaired) electrons. The van der Waals surface area contributed by atoms with Crippen molar-refractivity contribution < 1.29 is 0 Å². The molecule has 2 aromatic rings. The molecule has 0 amide bonds. The average Bonchev–Trinajstić information content (AvgIpc) is 3.40. The normalized spacial score (nSPS) is 15.1. The van der Waals surface area contributed by atoms with Gasteiger partial charge in [-0.25, -0.2) is 4.99 Å². The van der Waals surface area contributed by atoms with Crippen molar-refractivity contribution in [2.75, 3.05) is 13.1 Å². The number of guanidine groups is 1. The van der Waals surface area contributed by atoms with E-state index < -0.39 is 0 Å². The second-order valence-corrected chi connectivity index (χ2v) is 7.04. The molecule has 1 saturated carbocycles. The number of halogens is 2. The maximum absolute atomic E-state index is 6.16. The van der Waals surface area contributed by atoms with Crippen LogP contribution in [-0.2, 0) is 12.0 Å². The average molecular weight is 485 g/mol. The molecule has 1 fully saturated rings. The molecule has 140 valence electrons. The third kappa shape index (κ3) is 5.33. The number of rotatable bonds is 6. The Hall–Kier alpha value is -1.34. The number of pyridine rings is 1. The Morgan fingerprint density at radius 2 is 2.04 bits per heavy atom. The van der Waals surface area contributed by atoms with Crippen molar-refractivity contribution in [2.45, 2.75) is 38.6 Å². The standard InChI is InChI=1S/C20H25ClN4.HI/c1-3-22-19(24-13-18-15(2)6-5-11-23-18)25-14-20(9-10-20)16-7-4-8-17(21)12-16;/h4-8,11-12H,3,9-10,13-14H2,1-2H3,(H2,22,24,25);1H. The number of aryl methyl sites for hydroxylation is 1. The Bertz CT molecular complexity index is 759. The summed E-state index contributed by atoms with van der Waals surface area (Å²) in [5, 5.41) is 7.62. The van der Waals surface area contributed by atoms with Gasteiger partial charge in [0.1, 0.15) is 0 Å². The summed E-state index contributed by atoms with van der Waals surface area (Å²) in [6, 6.07) is 12.2. The van der Waals surface area contributed by atoms with Gasteiger partial charge in [-0.05, 0) is 56.0 Å². The van der Waals surface area contributed by atoms with Crippen LogP contribution in [0.5, 0.6) is 0 Å². The van der Waals surface area contributed by atoms with Gasteiger partial charge in [0.15, 0.2) is 5.96 Å². The molecule has 0 bridgehead atoms. The summed E-state index contributed by atoms with van der Waals surface area (Å²) in [6.07, 6.45) is 4.18. The smallest absolute Gasteiger partial charge is 0.191 e. The molecule has 0 spiro atoms. The maximum Gasteiger partial charge on any atom is 0.191 e. The first kappa shape index (κ1) is 21.0. The van der Waals surface area contributed by atoms with E-state index in [0.29, 0.717) is 6.54 Å². The molecule has 1 aromatic heterocycles. The van der Waals surface area contributed by atoms with Gasteiger partial charge in [-0.15, -0.1) is 24.0 Å². The number of nitrogens with one attached hydrogen (secondary N) is 2. The fourth-order valence-electron chi connectivity index (χ4n) is 2.97. The number of hydrogen-bond donors (Lipinski definition) is 2. The minimum absolute atomic E-state index is 0. The first-order chi connectivity index (χ1) is 12.1. The monoisotopic (exact) mass is 484 g/mol. The van der Waals surface area contributed by atoms with Crippen molar-refractivity contribution in [3.05, 3.63) is 64.4 Å². The summed E-state index contributed by atoms with van der Waals surface area (Å²) in [5.74, 6) is 0.834. The predicted octanol–water partition coefficient (Wildman–Crippen LogP) is 4.45. The molecular weight excluding hydrogens is 459 g/mol. The molecule has 26 heavy (non-hydrogen) atoms. The second kappa shape index (κ2) is 9.55. The number of hydrogen-bond acceptors (Lipinski definition) is 2. The van der Waals surface area contributed by atoms with Crippen molar-refractivity contribution in [1.82, 2.24) is 15.6 Å². The van der Waals surface area contributed by atoms with Gasteiger partial charge in [-0.3, -0.25) is 4.98 Å². The largest absolute Gasteiger partial charge is 0.357 e. The van der Waals surface area contributed by atoms with Gasteiger partial charge in [-0.1, -0.05) is 29.8 Å². The van der Waals surface area contributed by atoms with Crippen LogP contribution in [0.4, 0.5) is 0 Å². The highest BCUT2D eigenvalue weighted by molar-refractivity contribution is 14.0. The highest BCUT2D eigenvalue weighted by Crippen LogP contribution is 2.48. The van der Waals surface area contributed by atoms with Crippen LogP contribution in [0.1, 0.15) is 36.6 Å². The summed E-state index contributed by atoms with van der Waals surface area (Å²) in [6.45, 7) is 6.41. The van der Waals surface area contributed by atoms with Crippen LogP contribution < -0.4 is 10.6 Å². The number of benzene rings is 1. The van der Waals surface area contributed by atoms with Crippen molar-refractivity contribution >= 4 is 41.5 Å². The van der Waals surface area contributed by atoms with E-state index in [-0.39, 0.29) is 29.4 Å². The molecular formula is C20H26ClIN4. The Kier molecular flexibility index (Phi) is 7.70. The first-order valence-electron chi connectivity index (χ1n) is 8.82. The minimum Gasteiger partial charge on any atom is -0.357 e. The van der Waals surface area contributed by atoms with Crippen LogP contribution in [0, 0.1) is 6.92 Å². The zero-order valence-electron chi connectivity index (χ0n) is 15.3. The van der Waals surface area contributed by atoms with Gasteiger partial charge < -0.3 is 10.6 Å². The molecule has 0 aliphatic heterocycles. The van der Waals surface area contributed by atoms with Gasteiger partial charge >= 0.3 is 0 Å². The van der Waals surface area contributed by atoms with E-state index in [1.54, 1.807) is 0 Å². The lowest BCUT2D eigenvalue weighted by molar-refractivity contribution is 0.645. The first-order valence-corrected chi connectivity index (χ1v) is 9.19. The molecule has 1 aliphatic carbocycles. The third-order valence-electron chi connectivity index (χ3n) is 4.73. The van der Waals surface area contributed by atoms with E-state index in [9.17, 15) is 0 Å². The van der Waals surface area contributed by atoms with E-state index >= 15 is 0 Å². The van der Waals surface area contributed by atoms with Crippen LogP contribution >= 0.6 is 35.6 Å². The van der Waals surface area contributed by atoms with Crippen LogP contribution in [0.15, 0.2) is 47.6 Å². The molecule has 3 rings (SSSR count). The second-order valence-electron chi connectivity index (χ2n) is 6.61. The van der Waals surface area contributed by atoms with Crippen LogP contribution in [0.2, 0.25) is 5.02 Å². The topological polar surface area (TPSA) is 49.3 Å². The molecule has 6 heteroatoms. The lowest BCUT2D eigenvalue weighted by Gasteiger charge is -2.19. The lowest BCUT2D eigenvalue weighted by Crippen LogP contribution is -2.41. The van der Waals surface area contributed by atoms with E-state index in [4.69, 9.17) is 16.6 Å². The Balaban J connectivity index is 0.00000243. The van der Waals surface area contributed by atoms with E-state index in [0.717, 1.165) is 29.8 Å². The summed E-state index contributed by atoms with van der Waals surface area (Å²) in [7, 11) is 0. The quantitative estimate of drug-likeness (QED) is 0.362. The van der Waals surface area contributed by atoms with E-state index in [2.05, 4.69) is 47.7 Å². The van der Waals surface area contributed by atoms with Crippen LogP contribution in [0.25, 0.3) is 0 Å². The van der Waals surface area contributed by atoms with E-state index in [1.807, 2.05) is 24.4 Å². The Morgan fingerprint density at radius 1 is 1.23 bits per heavy atom. The molecule has 1 aromatic carbocycles. The molecule has 1 aliphatic rings. The molecule has 2 N–H and O–H groups in total. The molecule has 0 saturated heterocycles. The fraction of sp³-hybridized carbons (Fsp3) is 0.400. The number of aromatic nitrogens is 1. The maximum atomic E-state index is 6.16. The third-order valence-corrected chi connectivity index (χ3v) is 4.97.